The Kier molecular flexibility index (Phi) is 2.19. The molecule has 2 amide bonds. The Balaban J connectivity index is 2.20. The summed E-state index contributed by atoms with van der Waals surface area (Å²) in [5.74, 6) is -0.193. The van der Waals surface area contributed by atoms with Crippen LogP contribution in [-0.2, 0) is 9.59 Å². The summed E-state index contributed by atoms with van der Waals surface area (Å²) in [5.41, 5.74) is 0. The molecule has 2 N–H and O–H groups in total. The summed E-state index contributed by atoms with van der Waals surface area (Å²) in [4.78, 5) is 24.7. The molecule has 0 radical (unpaired) electrons. The number of rotatable bonds is 1. The minimum Gasteiger partial charge on any atom is -0.391 e. The van der Waals surface area contributed by atoms with E-state index in [2.05, 4.69) is 5.32 Å². The van der Waals surface area contributed by atoms with Gasteiger partial charge in [-0.05, 0) is 6.42 Å². The maximum Gasteiger partial charge on any atom is 0.245 e. The lowest BCUT2D eigenvalue weighted by molar-refractivity contribution is -0.147. The number of nitrogens with zero attached hydrogens (tertiary/aromatic N) is 1. The number of aliphatic hydroxyl groups excluding tert-OH is 1. The predicted octanol–water partition coefficient (Wildman–Crippen LogP) is -1.14. The molecule has 2 saturated heterocycles. The Bertz CT molecular complexity index is 279. The van der Waals surface area contributed by atoms with E-state index in [1.165, 1.54) is 4.90 Å². The highest BCUT2D eigenvalue weighted by Gasteiger charge is 2.45. The molecule has 0 aliphatic carbocycles. The minimum absolute atomic E-state index is 0.0614. The lowest BCUT2D eigenvalue weighted by Crippen LogP contribution is -2.60. The molecule has 2 aliphatic heterocycles. The zero-order valence-corrected chi connectivity index (χ0v) is 8.06. The van der Waals surface area contributed by atoms with Crippen molar-refractivity contribution in [3.8, 4) is 0 Å². The van der Waals surface area contributed by atoms with Crippen LogP contribution in [-0.4, -0.2) is 46.6 Å². The zero-order valence-electron chi connectivity index (χ0n) is 8.06. The van der Waals surface area contributed by atoms with Crippen molar-refractivity contribution in [3.05, 3.63) is 0 Å². The van der Waals surface area contributed by atoms with Gasteiger partial charge in [0.05, 0.1) is 6.10 Å². The average molecular weight is 198 g/mol. The molecule has 2 rings (SSSR count). The molecule has 0 aromatic heterocycles. The van der Waals surface area contributed by atoms with Crippen molar-refractivity contribution >= 4 is 11.8 Å². The zero-order chi connectivity index (χ0) is 10.3. The van der Waals surface area contributed by atoms with Crippen LogP contribution in [0, 0.1) is 0 Å². The number of fused-ring (bicyclic) bond motifs is 1. The Hall–Kier alpha value is -1.10. The SMILES string of the molecule is CC[C@@H]1NC(=O)[C@H]2C[C@H](O)CN2C1=O. The summed E-state index contributed by atoms with van der Waals surface area (Å²) in [7, 11) is 0. The summed E-state index contributed by atoms with van der Waals surface area (Å²) in [6.45, 7) is 2.16. The van der Waals surface area contributed by atoms with E-state index in [1.54, 1.807) is 0 Å². The normalized spacial score (nSPS) is 37.0. The Morgan fingerprint density at radius 3 is 2.93 bits per heavy atom. The lowest BCUT2D eigenvalue weighted by Gasteiger charge is -2.33. The van der Waals surface area contributed by atoms with Crippen LogP contribution in [0.3, 0.4) is 0 Å². The van der Waals surface area contributed by atoms with Gasteiger partial charge in [0, 0.05) is 13.0 Å². The van der Waals surface area contributed by atoms with Crippen LogP contribution < -0.4 is 5.32 Å². The second-order valence-electron chi connectivity index (χ2n) is 3.87. The van der Waals surface area contributed by atoms with E-state index in [0.29, 0.717) is 19.4 Å². The first kappa shape index (κ1) is 9.45. The predicted molar refractivity (Wildman–Crippen MR) is 48.3 cm³/mol. The monoisotopic (exact) mass is 198 g/mol. The quantitative estimate of drug-likeness (QED) is 0.559. The molecule has 2 aliphatic rings. The molecule has 3 atom stereocenters. The van der Waals surface area contributed by atoms with Gasteiger partial charge in [-0.25, -0.2) is 0 Å². The van der Waals surface area contributed by atoms with Gasteiger partial charge < -0.3 is 15.3 Å². The van der Waals surface area contributed by atoms with Crippen LogP contribution in [0.2, 0.25) is 0 Å². The van der Waals surface area contributed by atoms with Crippen molar-refractivity contribution in [1.29, 1.82) is 0 Å². The molecule has 0 aromatic carbocycles. The highest BCUT2D eigenvalue weighted by atomic mass is 16.3. The summed E-state index contributed by atoms with van der Waals surface area (Å²) >= 11 is 0. The number of hydrogen-bond donors (Lipinski definition) is 2. The number of nitrogens with one attached hydrogen (secondary N) is 1. The highest BCUT2D eigenvalue weighted by Crippen LogP contribution is 2.23. The summed E-state index contributed by atoms with van der Waals surface area (Å²) < 4.78 is 0. The van der Waals surface area contributed by atoms with Crippen molar-refractivity contribution in [2.45, 2.75) is 38.0 Å². The van der Waals surface area contributed by atoms with Crippen LogP contribution >= 0.6 is 0 Å². The Labute approximate surface area is 82.1 Å². The molecular weight excluding hydrogens is 184 g/mol. The van der Waals surface area contributed by atoms with Crippen molar-refractivity contribution in [2.24, 2.45) is 0 Å². The first-order chi connectivity index (χ1) is 6.63. The van der Waals surface area contributed by atoms with Gasteiger partial charge >= 0.3 is 0 Å². The van der Waals surface area contributed by atoms with Crippen LogP contribution in [0.1, 0.15) is 19.8 Å². The molecule has 5 nitrogen and oxygen atoms in total. The fourth-order valence-electron chi connectivity index (χ4n) is 2.11. The van der Waals surface area contributed by atoms with E-state index in [1.807, 2.05) is 6.92 Å². The molecular formula is C9H14N2O3. The van der Waals surface area contributed by atoms with Gasteiger partial charge in [0.2, 0.25) is 11.8 Å². The third-order valence-corrected chi connectivity index (χ3v) is 2.89. The molecule has 0 unspecified atom stereocenters. The molecule has 2 fully saturated rings. The number of aliphatic hydroxyl groups is 1. The molecule has 0 saturated carbocycles. The van der Waals surface area contributed by atoms with Gasteiger partial charge in [-0.1, -0.05) is 6.92 Å². The van der Waals surface area contributed by atoms with E-state index < -0.39 is 18.2 Å². The number of amides is 2. The van der Waals surface area contributed by atoms with Gasteiger partial charge in [0.25, 0.3) is 0 Å². The maximum atomic E-state index is 11.7. The standard InChI is InChI=1S/C9H14N2O3/c1-2-6-9(14)11-4-5(12)3-7(11)8(13)10-6/h5-7,12H,2-4H2,1H3,(H,10,13)/t5-,6-,7+/m0/s1. The van der Waals surface area contributed by atoms with Crippen LogP contribution in [0.15, 0.2) is 0 Å². The first-order valence-electron chi connectivity index (χ1n) is 4.92. The summed E-state index contributed by atoms with van der Waals surface area (Å²) in [6.07, 6.45) is 0.419. The second-order valence-corrected chi connectivity index (χ2v) is 3.87. The van der Waals surface area contributed by atoms with Gasteiger partial charge in [-0.3, -0.25) is 9.59 Å². The van der Waals surface area contributed by atoms with E-state index >= 15 is 0 Å². The van der Waals surface area contributed by atoms with Crippen molar-refractivity contribution in [1.82, 2.24) is 10.2 Å². The minimum atomic E-state index is -0.551. The van der Waals surface area contributed by atoms with Crippen LogP contribution in [0.4, 0.5) is 0 Å². The third-order valence-electron chi connectivity index (χ3n) is 2.89. The molecule has 0 spiro atoms. The smallest absolute Gasteiger partial charge is 0.245 e. The molecule has 0 aromatic rings. The lowest BCUT2D eigenvalue weighted by atomic mass is 10.1. The largest absolute Gasteiger partial charge is 0.391 e. The topological polar surface area (TPSA) is 69.6 Å². The van der Waals surface area contributed by atoms with Gasteiger partial charge in [0.15, 0.2) is 0 Å². The third kappa shape index (κ3) is 1.28. The van der Waals surface area contributed by atoms with Crippen molar-refractivity contribution in [3.63, 3.8) is 0 Å². The van der Waals surface area contributed by atoms with Crippen molar-refractivity contribution < 1.29 is 14.7 Å². The summed E-state index contributed by atoms with van der Waals surface area (Å²) in [6, 6.07) is -0.843. The van der Waals surface area contributed by atoms with E-state index in [9.17, 15) is 14.7 Å². The Morgan fingerprint density at radius 1 is 1.57 bits per heavy atom. The second kappa shape index (κ2) is 3.24. The number of hydrogen-bond acceptors (Lipinski definition) is 3. The fraction of sp³-hybridized carbons (Fsp3) is 0.778. The number of piperazine rings is 1. The molecule has 0 bridgehead atoms. The maximum absolute atomic E-state index is 11.7. The van der Waals surface area contributed by atoms with E-state index in [-0.39, 0.29) is 11.8 Å². The fourth-order valence-corrected chi connectivity index (χ4v) is 2.11. The molecule has 14 heavy (non-hydrogen) atoms. The average Bonchev–Trinajstić information content (AvgIpc) is 2.54. The van der Waals surface area contributed by atoms with Crippen molar-refractivity contribution in [2.75, 3.05) is 6.54 Å². The highest BCUT2D eigenvalue weighted by molar-refractivity contribution is 5.97. The Morgan fingerprint density at radius 2 is 2.29 bits per heavy atom. The van der Waals surface area contributed by atoms with E-state index in [4.69, 9.17) is 0 Å². The van der Waals surface area contributed by atoms with E-state index in [0.717, 1.165) is 0 Å². The first-order valence-corrected chi connectivity index (χ1v) is 4.92. The van der Waals surface area contributed by atoms with Gasteiger partial charge in [-0.2, -0.15) is 0 Å². The number of carbonyl (C=O) groups is 2. The molecule has 2 heterocycles. The van der Waals surface area contributed by atoms with Gasteiger partial charge in [0.1, 0.15) is 12.1 Å². The molecule has 5 heteroatoms. The van der Waals surface area contributed by atoms with Gasteiger partial charge in [-0.15, -0.1) is 0 Å². The van der Waals surface area contributed by atoms with Crippen LogP contribution in [0.5, 0.6) is 0 Å². The molecule has 78 valence electrons. The summed E-state index contributed by atoms with van der Waals surface area (Å²) in [5, 5.41) is 12.0. The van der Waals surface area contributed by atoms with Crippen LogP contribution in [0.25, 0.3) is 0 Å². The number of carbonyl (C=O) groups excluding carboxylic acids is 2.